The smallest absolute Gasteiger partial charge is 0.230 e. The summed E-state index contributed by atoms with van der Waals surface area (Å²) < 4.78 is 0. The van der Waals surface area contributed by atoms with Gasteiger partial charge < -0.3 is 16.8 Å². The van der Waals surface area contributed by atoms with E-state index in [9.17, 15) is 9.59 Å². The van der Waals surface area contributed by atoms with Crippen molar-refractivity contribution in [1.82, 2.24) is 5.32 Å². The van der Waals surface area contributed by atoms with Crippen molar-refractivity contribution in [2.24, 2.45) is 28.7 Å². The Kier molecular flexibility index (Phi) is 5.54. The second kappa shape index (κ2) is 5.95. The molecular formula is C11H21N3O2S. The second-order valence-corrected chi connectivity index (χ2v) is 5.56. The third-order valence-electron chi connectivity index (χ3n) is 2.63. The van der Waals surface area contributed by atoms with Crippen LogP contribution in [0.25, 0.3) is 0 Å². The number of hydrogen-bond acceptors (Lipinski definition) is 3. The van der Waals surface area contributed by atoms with Crippen LogP contribution in [-0.2, 0) is 9.59 Å². The monoisotopic (exact) mass is 259 g/mol. The summed E-state index contributed by atoms with van der Waals surface area (Å²) in [7, 11) is 0. The minimum Gasteiger partial charge on any atom is -0.393 e. The SMILES string of the molecule is CC(C)C(C(=O)NCC(C)(C)C(N)=O)C(N)=S. The van der Waals surface area contributed by atoms with Gasteiger partial charge in [-0.25, -0.2) is 0 Å². The Morgan fingerprint density at radius 3 is 2.06 bits per heavy atom. The van der Waals surface area contributed by atoms with Gasteiger partial charge in [-0.2, -0.15) is 0 Å². The maximum Gasteiger partial charge on any atom is 0.230 e. The molecule has 2 amide bonds. The molecule has 0 saturated carbocycles. The number of rotatable bonds is 6. The van der Waals surface area contributed by atoms with Crippen molar-refractivity contribution >= 4 is 29.0 Å². The average molecular weight is 259 g/mol. The van der Waals surface area contributed by atoms with Gasteiger partial charge in [-0.3, -0.25) is 9.59 Å². The van der Waals surface area contributed by atoms with E-state index in [-0.39, 0.29) is 23.4 Å². The highest BCUT2D eigenvalue weighted by molar-refractivity contribution is 7.80. The molecule has 0 aliphatic rings. The fourth-order valence-corrected chi connectivity index (χ4v) is 1.64. The van der Waals surface area contributed by atoms with Gasteiger partial charge in [-0.15, -0.1) is 0 Å². The number of hydrogen-bond donors (Lipinski definition) is 3. The molecule has 5 N–H and O–H groups in total. The van der Waals surface area contributed by atoms with Gasteiger partial charge in [0.25, 0.3) is 0 Å². The number of carbonyl (C=O) groups is 2. The minimum absolute atomic E-state index is 0.0178. The molecule has 0 aromatic heterocycles. The lowest BCUT2D eigenvalue weighted by atomic mass is 9.91. The summed E-state index contributed by atoms with van der Waals surface area (Å²) in [5.74, 6) is -1.23. The average Bonchev–Trinajstić information content (AvgIpc) is 2.13. The molecule has 5 nitrogen and oxygen atoms in total. The van der Waals surface area contributed by atoms with Crippen LogP contribution in [0.5, 0.6) is 0 Å². The Bertz CT molecular complexity index is 327. The van der Waals surface area contributed by atoms with Crippen molar-refractivity contribution in [2.75, 3.05) is 6.54 Å². The summed E-state index contributed by atoms with van der Waals surface area (Å²) >= 11 is 4.85. The van der Waals surface area contributed by atoms with Crippen molar-refractivity contribution in [1.29, 1.82) is 0 Å². The first-order chi connectivity index (χ1) is 7.59. The zero-order valence-electron chi connectivity index (χ0n) is 10.7. The molecule has 1 unspecified atom stereocenters. The van der Waals surface area contributed by atoms with Crippen LogP contribution >= 0.6 is 12.2 Å². The summed E-state index contributed by atoms with van der Waals surface area (Å²) in [6.45, 7) is 7.24. The van der Waals surface area contributed by atoms with Crippen molar-refractivity contribution in [2.45, 2.75) is 27.7 Å². The second-order valence-electron chi connectivity index (χ2n) is 5.09. The van der Waals surface area contributed by atoms with E-state index in [4.69, 9.17) is 23.7 Å². The van der Waals surface area contributed by atoms with E-state index >= 15 is 0 Å². The van der Waals surface area contributed by atoms with Crippen LogP contribution in [0.3, 0.4) is 0 Å². The molecule has 0 heterocycles. The maximum atomic E-state index is 11.9. The van der Waals surface area contributed by atoms with Gasteiger partial charge in [0.15, 0.2) is 0 Å². The molecule has 0 aliphatic heterocycles. The number of amides is 2. The van der Waals surface area contributed by atoms with Crippen molar-refractivity contribution in [3.05, 3.63) is 0 Å². The van der Waals surface area contributed by atoms with Crippen LogP contribution in [0.1, 0.15) is 27.7 Å². The predicted octanol–water partition coefficient (Wildman–Crippen LogP) is 0.172. The van der Waals surface area contributed by atoms with E-state index < -0.39 is 17.2 Å². The highest BCUT2D eigenvalue weighted by Crippen LogP contribution is 2.15. The Labute approximate surface area is 107 Å². The van der Waals surface area contributed by atoms with E-state index in [1.165, 1.54) is 0 Å². The molecule has 0 spiro atoms. The van der Waals surface area contributed by atoms with Gasteiger partial charge >= 0.3 is 0 Å². The first-order valence-electron chi connectivity index (χ1n) is 5.46. The predicted molar refractivity (Wildman–Crippen MR) is 71.1 cm³/mol. The fourth-order valence-electron chi connectivity index (χ4n) is 1.27. The van der Waals surface area contributed by atoms with Gasteiger partial charge in [0.1, 0.15) is 0 Å². The van der Waals surface area contributed by atoms with E-state index in [1.807, 2.05) is 13.8 Å². The molecule has 0 aliphatic carbocycles. The highest BCUT2D eigenvalue weighted by Gasteiger charge is 2.29. The quantitative estimate of drug-likeness (QED) is 0.592. The molecule has 17 heavy (non-hydrogen) atoms. The van der Waals surface area contributed by atoms with E-state index in [2.05, 4.69) is 5.32 Å². The van der Waals surface area contributed by atoms with Gasteiger partial charge in [-0.05, 0) is 19.8 Å². The Hall–Kier alpha value is -1.17. The molecule has 0 aromatic carbocycles. The molecule has 0 rings (SSSR count). The van der Waals surface area contributed by atoms with Crippen molar-refractivity contribution in [3.63, 3.8) is 0 Å². The summed E-state index contributed by atoms with van der Waals surface area (Å²) in [5, 5.41) is 2.66. The van der Waals surface area contributed by atoms with Gasteiger partial charge in [0.2, 0.25) is 11.8 Å². The van der Waals surface area contributed by atoms with Crippen LogP contribution in [-0.4, -0.2) is 23.3 Å². The van der Waals surface area contributed by atoms with Crippen LogP contribution in [0.2, 0.25) is 0 Å². The highest BCUT2D eigenvalue weighted by atomic mass is 32.1. The van der Waals surface area contributed by atoms with Crippen LogP contribution < -0.4 is 16.8 Å². The molecule has 0 bridgehead atoms. The van der Waals surface area contributed by atoms with Crippen LogP contribution in [0.15, 0.2) is 0 Å². The number of nitrogens with two attached hydrogens (primary N) is 2. The normalized spacial score (nSPS) is 13.2. The minimum atomic E-state index is -0.784. The Balaban J connectivity index is 4.55. The summed E-state index contributed by atoms with van der Waals surface area (Å²) in [5.41, 5.74) is 9.94. The zero-order valence-corrected chi connectivity index (χ0v) is 11.6. The summed E-state index contributed by atoms with van der Waals surface area (Å²) in [6, 6.07) is 0. The number of primary amides is 1. The van der Waals surface area contributed by atoms with Crippen molar-refractivity contribution in [3.8, 4) is 0 Å². The molecule has 0 saturated heterocycles. The van der Waals surface area contributed by atoms with Crippen LogP contribution in [0, 0.1) is 17.3 Å². The third kappa shape index (κ3) is 4.68. The fraction of sp³-hybridized carbons (Fsp3) is 0.727. The molecular weight excluding hydrogens is 238 g/mol. The van der Waals surface area contributed by atoms with Crippen LogP contribution in [0.4, 0.5) is 0 Å². The Morgan fingerprint density at radius 2 is 1.76 bits per heavy atom. The molecule has 98 valence electrons. The molecule has 0 aromatic rings. The maximum absolute atomic E-state index is 11.9. The zero-order chi connectivity index (χ0) is 13.8. The van der Waals surface area contributed by atoms with E-state index in [0.29, 0.717) is 0 Å². The lowest BCUT2D eigenvalue weighted by molar-refractivity contribution is -0.127. The lowest BCUT2D eigenvalue weighted by Gasteiger charge is -2.24. The standard InChI is InChI=1S/C11H21N3O2S/c1-6(2)7(8(12)17)9(15)14-5-11(3,4)10(13)16/h6-7H,5H2,1-4H3,(H2,12,17)(H2,13,16)(H,14,15). The van der Waals surface area contributed by atoms with Crippen molar-refractivity contribution < 1.29 is 9.59 Å². The number of thiocarbonyl (C=S) groups is 1. The lowest BCUT2D eigenvalue weighted by Crippen LogP contribution is -2.47. The first kappa shape index (κ1) is 15.8. The third-order valence-corrected chi connectivity index (χ3v) is 2.88. The summed E-state index contributed by atoms with van der Waals surface area (Å²) in [6.07, 6.45) is 0. The van der Waals surface area contributed by atoms with E-state index in [0.717, 1.165) is 0 Å². The molecule has 6 heteroatoms. The number of carbonyl (C=O) groups excluding carboxylic acids is 2. The topological polar surface area (TPSA) is 98.2 Å². The largest absolute Gasteiger partial charge is 0.393 e. The van der Waals surface area contributed by atoms with E-state index in [1.54, 1.807) is 13.8 Å². The number of nitrogens with one attached hydrogen (secondary N) is 1. The Morgan fingerprint density at radius 1 is 1.29 bits per heavy atom. The first-order valence-corrected chi connectivity index (χ1v) is 5.87. The molecule has 1 atom stereocenters. The molecule has 0 radical (unpaired) electrons. The van der Waals surface area contributed by atoms with Gasteiger partial charge in [-0.1, -0.05) is 26.1 Å². The van der Waals surface area contributed by atoms with Gasteiger partial charge in [0.05, 0.1) is 16.3 Å². The molecule has 0 fully saturated rings. The summed E-state index contributed by atoms with van der Waals surface area (Å²) in [4.78, 5) is 23.1. The van der Waals surface area contributed by atoms with Gasteiger partial charge in [0, 0.05) is 6.54 Å².